The van der Waals surface area contributed by atoms with E-state index >= 15 is 0 Å². The summed E-state index contributed by atoms with van der Waals surface area (Å²) in [5.74, 6) is 2.00. The van der Waals surface area contributed by atoms with Gasteiger partial charge in [-0.1, -0.05) is 0 Å². The topological polar surface area (TPSA) is 12.0 Å². The first-order chi connectivity index (χ1) is 8.41. The summed E-state index contributed by atoms with van der Waals surface area (Å²) in [6.07, 6.45) is 7.57. The Kier molecular flexibility index (Phi) is 4.44. The molecule has 2 unspecified atom stereocenters. The Bertz CT molecular complexity index is 283. The number of nitrogens with one attached hydrogen (secondary N) is 1. The van der Waals surface area contributed by atoms with Gasteiger partial charge in [-0.3, -0.25) is 0 Å². The van der Waals surface area contributed by atoms with Gasteiger partial charge >= 0.3 is 115 Å². The van der Waals surface area contributed by atoms with E-state index in [1.807, 2.05) is 0 Å². The van der Waals surface area contributed by atoms with Gasteiger partial charge < -0.3 is 0 Å². The van der Waals surface area contributed by atoms with Gasteiger partial charge in [-0.05, 0) is 0 Å². The molecule has 2 heterocycles. The van der Waals surface area contributed by atoms with Gasteiger partial charge in [-0.25, -0.2) is 0 Å². The van der Waals surface area contributed by atoms with Crippen molar-refractivity contribution in [1.82, 2.24) is 5.32 Å². The van der Waals surface area contributed by atoms with Crippen LogP contribution in [-0.4, -0.2) is 37.2 Å². The summed E-state index contributed by atoms with van der Waals surface area (Å²) in [6.45, 7) is 15.1. The second kappa shape index (κ2) is 5.41. The zero-order valence-corrected chi connectivity index (χ0v) is 14.2. The molecule has 0 aromatic carbocycles. The van der Waals surface area contributed by atoms with Crippen LogP contribution in [0.25, 0.3) is 0 Å². The van der Waals surface area contributed by atoms with E-state index in [0.717, 1.165) is 17.5 Å². The molecule has 2 atom stereocenters. The Morgan fingerprint density at radius 1 is 1.28 bits per heavy atom. The van der Waals surface area contributed by atoms with E-state index in [1.54, 1.807) is 12.3 Å². The normalized spacial score (nSPS) is 34.6. The predicted molar refractivity (Wildman–Crippen MR) is 86.6 cm³/mol. The Hall–Kier alpha value is 0.390. The van der Waals surface area contributed by atoms with E-state index in [0.29, 0.717) is 5.41 Å². The van der Waals surface area contributed by atoms with Crippen molar-refractivity contribution in [2.24, 2.45) is 17.3 Å². The van der Waals surface area contributed by atoms with Gasteiger partial charge in [0.1, 0.15) is 0 Å². The van der Waals surface area contributed by atoms with Crippen LogP contribution in [0.4, 0.5) is 0 Å². The van der Waals surface area contributed by atoms with Crippen LogP contribution < -0.4 is 5.32 Å². The van der Waals surface area contributed by atoms with E-state index in [9.17, 15) is 0 Å². The molecule has 2 aliphatic heterocycles. The molecule has 2 fully saturated rings. The monoisotopic (exact) mass is 271 g/mol. The molecule has 2 saturated heterocycles. The number of hydrogen-bond donors (Lipinski definition) is 1. The van der Waals surface area contributed by atoms with Gasteiger partial charge in [0, 0.05) is 0 Å². The van der Waals surface area contributed by atoms with Crippen molar-refractivity contribution < 1.29 is 0 Å². The molecule has 0 saturated carbocycles. The first-order valence-corrected chi connectivity index (χ1v) is 10.8. The summed E-state index contributed by atoms with van der Waals surface area (Å²) in [5, 5.41) is 3.51. The second-order valence-corrected chi connectivity index (χ2v) is 12.9. The molecular weight excluding hydrogens is 237 g/mol. The summed E-state index contributed by atoms with van der Waals surface area (Å²) in [5.41, 5.74) is 1.69. The fourth-order valence-electron chi connectivity index (χ4n) is 4.96. The molecule has 1 N–H and O–H groups in total. The Balaban J connectivity index is 1.94. The molecule has 0 bridgehead atoms. The molecule has 1 nitrogen and oxygen atoms in total. The van der Waals surface area contributed by atoms with Crippen LogP contribution in [-0.2, 0) is 0 Å². The van der Waals surface area contributed by atoms with Gasteiger partial charge in [0.05, 0.1) is 0 Å². The SMILES string of the molecule is CC[PH]1(CC(C)C2CCNCC2)CC(C)(C)C1C. The number of piperidine rings is 1. The van der Waals surface area contributed by atoms with Crippen LogP contribution in [0.1, 0.15) is 47.5 Å². The fourth-order valence-corrected chi connectivity index (χ4v) is 12.0. The van der Waals surface area contributed by atoms with Crippen LogP contribution >= 0.6 is 7.26 Å². The molecule has 0 amide bonds. The van der Waals surface area contributed by atoms with Crippen molar-refractivity contribution in [3.05, 3.63) is 0 Å². The van der Waals surface area contributed by atoms with E-state index in [1.165, 1.54) is 32.1 Å². The van der Waals surface area contributed by atoms with Crippen molar-refractivity contribution >= 4 is 7.26 Å². The number of rotatable bonds is 4. The minimum atomic E-state index is -0.923. The van der Waals surface area contributed by atoms with Gasteiger partial charge in [-0.2, -0.15) is 0 Å². The summed E-state index contributed by atoms with van der Waals surface area (Å²) in [7, 11) is -0.923. The van der Waals surface area contributed by atoms with Crippen LogP contribution in [0, 0.1) is 17.3 Å². The van der Waals surface area contributed by atoms with Gasteiger partial charge in [0.2, 0.25) is 0 Å². The Morgan fingerprint density at radius 2 is 1.89 bits per heavy atom. The fraction of sp³-hybridized carbons (Fsp3) is 1.00. The van der Waals surface area contributed by atoms with Crippen molar-refractivity contribution in [2.75, 3.05) is 31.6 Å². The quantitative estimate of drug-likeness (QED) is 0.767. The molecule has 0 aromatic rings. The molecule has 108 valence electrons. The summed E-state index contributed by atoms with van der Waals surface area (Å²) in [6, 6.07) is 0. The van der Waals surface area contributed by atoms with E-state index in [-0.39, 0.29) is 0 Å². The average molecular weight is 271 g/mol. The summed E-state index contributed by atoms with van der Waals surface area (Å²) in [4.78, 5) is 0. The van der Waals surface area contributed by atoms with Crippen molar-refractivity contribution in [2.45, 2.75) is 53.1 Å². The van der Waals surface area contributed by atoms with E-state index < -0.39 is 7.26 Å². The zero-order chi connectivity index (χ0) is 13.4. The van der Waals surface area contributed by atoms with Crippen LogP contribution in [0.15, 0.2) is 0 Å². The van der Waals surface area contributed by atoms with Crippen molar-refractivity contribution in [1.29, 1.82) is 0 Å². The van der Waals surface area contributed by atoms with Crippen LogP contribution in [0.2, 0.25) is 0 Å². The average Bonchev–Trinajstić information content (AvgIpc) is 2.38. The maximum atomic E-state index is 3.51. The maximum absolute atomic E-state index is 3.51. The third kappa shape index (κ3) is 2.63. The van der Waals surface area contributed by atoms with Crippen LogP contribution in [0.3, 0.4) is 0 Å². The molecule has 18 heavy (non-hydrogen) atoms. The minimum absolute atomic E-state index is 0.649. The predicted octanol–water partition coefficient (Wildman–Crippen LogP) is 3.82. The third-order valence-corrected chi connectivity index (χ3v) is 13.6. The second-order valence-electron chi connectivity index (χ2n) is 7.87. The molecule has 0 aromatic heterocycles. The number of hydrogen-bond acceptors (Lipinski definition) is 1. The summed E-state index contributed by atoms with van der Waals surface area (Å²) < 4.78 is 0. The van der Waals surface area contributed by atoms with Crippen molar-refractivity contribution in [3.8, 4) is 0 Å². The molecule has 2 heteroatoms. The standard InChI is InChI=1S/C16H34NP/c1-6-18(12-16(4,5)14(18)3)11-13(2)15-7-9-17-10-8-15/h13-15,17-18H,6-12H2,1-5H3. The van der Waals surface area contributed by atoms with Gasteiger partial charge in [0.15, 0.2) is 0 Å². The Labute approximate surface area is 115 Å². The van der Waals surface area contributed by atoms with Gasteiger partial charge in [-0.15, -0.1) is 0 Å². The Morgan fingerprint density at radius 3 is 2.33 bits per heavy atom. The molecule has 0 spiro atoms. The molecule has 2 rings (SSSR count). The zero-order valence-electron chi connectivity index (χ0n) is 13.2. The summed E-state index contributed by atoms with van der Waals surface area (Å²) >= 11 is 0. The third-order valence-electron chi connectivity index (χ3n) is 6.52. The molecule has 0 aliphatic carbocycles. The molecular formula is C16H34NP. The van der Waals surface area contributed by atoms with Crippen molar-refractivity contribution in [3.63, 3.8) is 0 Å². The molecule has 2 aliphatic rings. The van der Waals surface area contributed by atoms with Crippen LogP contribution in [0.5, 0.6) is 0 Å². The van der Waals surface area contributed by atoms with E-state index in [4.69, 9.17) is 0 Å². The molecule has 0 radical (unpaired) electrons. The van der Waals surface area contributed by atoms with Gasteiger partial charge in [0.25, 0.3) is 0 Å². The van der Waals surface area contributed by atoms with E-state index in [2.05, 4.69) is 39.9 Å². The first-order valence-electron chi connectivity index (χ1n) is 8.12. The first kappa shape index (κ1) is 14.8.